The zero-order valence-corrected chi connectivity index (χ0v) is 11.5. The summed E-state index contributed by atoms with van der Waals surface area (Å²) in [6, 6.07) is 1.15. The van der Waals surface area contributed by atoms with Crippen LogP contribution in [0.4, 0.5) is 0 Å². The molecule has 0 bridgehead atoms. The van der Waals surface area contributed by atoms with Crippen LogP contribution in [0.3, 0.4) is 0 Å². The summed E-state index contributed by atoms with van der Waals surface area (Å²) in [5.41, 5.74) is 0. The van der Waals surface area contributed by atoms with E-state index in [0.717, 1.165) is 25.4 Å². The highest BCUT2D eigenvalue weighted by molar-refractivity contribution is 5.80. The van der Waals surface area contributed by atoms with Crippen LogP contribution >= 0.6 is 0 Å². The molecule has 3 fully saturated rings. The van der Waals surface area contributed by atoms with E-state index in [9.17, 15) is 4.79 Å². The molecule has 2 saturated carbocycles. The first-order valence-electron chi connectivity index (χ1n) is 7.78. The molecule has 102 valence electrons. The standard InChI is InChI=1S/C15H26N2O/c1-11-2-4-13(5-3-11)17(14-6-7-14)15(18)12-8-9-16-10-12/h11-14,16H,2-10H2,1H3. The largest absolute Gasteiger partial charge is 0.336 e. The average Bonchev–Trinajstić information content (AvgIpc) is 3.05. The minimum Gasteiger partial charge on any atom is -0.336 e. The van der Waals surface area contributed by atoms with Crippen molar-refractivity contribution in [3.8, 4) is 0 Å². The van der Waals surface area contributed by atoms with Crippen LogP contribution < -0.4 is 5.32 Å². The summed E-state index contributed by atoms with van der Waals surface area (Å²) in [5.74, 6) is 1.59. The SMILES string of the molecule is CC1CCC(N(C(=O)C2CCNC2)C2CC2)CC1. The smallest absolute Gasteiger partial charge is 0.227 e. The molecule has 0 aromatic carbocycles. The Balaban J connectivity index is 1.65. The Kier molecular flexibility index (Phi) is 3.60. The highest BCUT2D eigenvalue weighted by atomic mass is 16.2. The number of nitrogens with one attached hydrogen (secondary N) is 1. The molecular formula is C15H26N2O. The summed E-state index contributed by atoms with van der Waals surface area (Å²) in [6.07, 6.45) is 8.64. The third kappa shape index (κ3) is 2.56. The molecule has 0 spiro atoms. The number of carbonyl (C=O) groups is 1. The van der Waals surface area contributed by atoms with Crippen LogP contribution in [0.5, 0.6) is 0 Å². The number of hydrogen-bond donors (Lipinski definition) is 1. The summed E-state index contributed by atoms with van der Waals surface area (Å²) in [6.45, 7) is 4.28. The molecule has 3 heteroatoms. The molecule has 18 heavy (non-hydrogen) atoms. The van der Waals surface area contributed by atoms with Gasteiger partial charge in [0.1, 0.15) is 0 Å². The van der Waals surface area contributed by atoms with E-state index in [1.165, 1.54) is 38.5 Å². The van der Waals surface area contributed by atoms with Crippen molar-refractivity contribution < 1.29 is 4.79 Å². The van der Waals surface area contributed by atoms with Crippen LogP contribution in [-0.2, 0) is 4.79 Å². The van der Waals surface area contributed by atoms with E-state index in [2.05, 4.69) is 17.1 Å². The molecular weight excluding hydrogens is 224 g/mol. The van der Waals surface area contributed by atoms with Crippen molar-refractivity contribution in [1.29, 1.82) is 0 Å². The lowest BCUT2D eigenvalue weighted by Gasteiger charge is -2.37. The third-order valence-corrected chi connectivity index (χ3v) is 4.98. The number of hydrogen-bond acceptors (Lipinski definition) is 2. The minimum absolute atomic E-state index is 0.268. The summed E-state index contributed by atoms with van der Waals surface area (Å²) >= 11 is 0. The van der Waals surface area contributed by atoms with Crippen molar-refractivity contribution in [1.82, 2.24) is 10.2 Å². The first kappa shape index (κ1) is 12.5. The molecule has 3 nitrogen and oxygen atoms in total. The molecule has 1 N–H and O–H groups in total. The van der Waals surface area contributed by atoms with Crippen LogP contribution in [0.1, 0.15) is 51.9 Å². The van der Waals surface area contributed by atoms with Crippen molar-refractivity contribution >= 4 is 5.91 Å². The van der Waals surface area contributed by atoms with Gasteiger partial charge in [-0.15, -0.1) is 0 Å². The fourth-order valence-electron chi connectivity index (χ4n) is 3.61. The maximum Gasteiger partial charge on any atom is 0.227 e. The molecule has 0 aromatic rings. The molecule has 1 aliphatic heterocycles. The van der Waals surface area contributed by atoms with Gasteiger partial charge in [0, 0.05) is 18.6 Å². The second kappa shape index (κ2) is 5.20. The van der Waals surface area contributed by atoms with Crippen molar-refractivity contribution in [2.45, 2.75) is 64.0 Å². The Labute approximate surface area is 110 Å². The van der Waals surface area contributed by atoms with Gasteiger partial charge in [-0.05, 0) is 57.4 Å². The normalized spacial score (nSPS) is 36.6. The molecule has 3 aliphatic rings. The monoisotopic (exact) mass is 250 g/mol. The van der Waals surface area contributed by atoms with Crippen LogP contribution in [0, 0.1) is 11.8 Å². The van der Waals surface area contributed by atoms with Gasteiger partial charge in [0.25, 0.3) is 0 Å². The summed E-state index contributed by atoms with van der Waals surface area (Å²) in [4.78, 5) is 15.0. The predicted molar refractivity (Wildman–Crippen MR) is 72.3 cm³/mol. The van der Waals surface area contributed by atoms with Gasteiger partial charge in [0.2, 0.25) is 5.91 Å². The van der Waals surface area contributed by atoms with E-state index < -0.39 is 0 Å². The Morgan fingerprint density at radius 2 is 1.61 bits per heavy atom. The highest BCUT2D eigenvalue weighted by Gasteiger charge is 2.41. The summed E-state index contributed by atoms with van der Waals surface area (Å²) in [7, 11) is 0. The third-order valence-electron chi connectivity index (χ3n) is 4.98. The van der Waals surface area contributed by atoms with Crippen LogP contribution in [0.15, 0.2) is 0 Å². The van der Waals surface area contributed by atoms with Crippen molar-refractivity contribution in [3.63, 3.8) is 0 Å². The van der Waals surface area contributed by atoms with Crippen LogP contribution in [0.25, 0.3) is 0 Å². The van der Waals surface area contributed by atoms with E-state index in [0.29, 0.717) is 18.0 Å². The Hall–Kier alpha value is -0.570. The first-order valence-corrected chi connectivity index (χ1v) is 7.78. The molecule has 0 aromatic heterocycles. The van der Waals surface area contributed by atoms with Gasteiger partial charge < -0.3 is 10.2 Å². The fourth-order valence-corrected chi connectivity index (χ4v) is 3.61. The van der Waals surface area contributed by atoms with Crippen LogP contribution in [0.2, 0.25) is 0 Å². The molecule has 1 atom stereocenters. The lowest BCUT2D eigenvalue weighted by molar-refractivity contribution is -0.138. The van der Waals surface area contributed by atoms with Gasteiger partial charge in [0.05, 0.1) is 5.92 Å². The van der Waals surface area contributed by atoms with Crippen molar-refractivity contribution in [3.05, 3.63) is 0 Å². The second-order valence-electron chi connectivity index (χ2n) is 6.58. The molecule has 1 heterocycles. The molecule has 1 unspecified atom stereocenters. The number of amides is 1. The number of nitrogens with zero attached hydrogens (tertiary/aromatic N) is 1. The van der Waals surface area contributed by atoms with Crippen LogP contribution in [-0.4, -0.2) is 36.0 Å². The fraction of sp³-hybridized carbons (Fsp3) is 0.933. The van der Waals surface area contributed by atoms with Crippen molar-refractivity contribution in [2.24, 2.45) is 11.8 Å². The van der Waals surface area contributed by atoms with Gasteiger partial charge in [-0.3, -0.25) is 4.79 Å². The molecule has 1 amide bonds. The van der Waals surface area contributed by atoms with E-state index in [1.807, 2.05) is 0 Å². The van der Waals surface area contributed by atoms with Gasteiger partial charge in [-0.1, -0.05) is 6.92 Å². The topological polar surface area (TPSA) is 32.3 Å². The zero-order chi connectivity index (χ0) is 12.5. The summed E-state index contributed by atoms with van der Waals surface area (Å²) < 4.78 is 0. The van der Waals surface area contributed by atoms with Gasteiger partial charge in [-0.25, -0.2) is 0 Å². The van der Waals surface area contributed by atoms with E-state index >= 15 is 0 Å². The number of carbonyl (C=O) groups excluding carboxylic acids is 1. The average molecular weight is 250 g/mol. The quantitative estimate of drug-likeness (QED) is 0.832. The number of rotatable bonds is 3. The lowest BCUT2D eigenvalue weighted by Crippen LogP contribution is -2.46. The zero-order valence-electron chi connectivity index (χ0n) is 11.5. The van der Waals surface area contributed by atoms with E-state index in [4.69, 9.17) is 0 Å². The molecule has 0 radical (unpaired) electrons. The molecule has 3 rings (SSSR count). The summed E-state index contributed by atoms with van der Waals surface area (Å²) in [5, 5.41) is 3.33. The van der Waals surface area contributed by atoms with E-state index in [-0.39, 0.29) is 5.92 Å². The Morgan fingerprint density at radius 3 is 2.11 bits per heavy atom. The lowest BCUT2D eigenvalue weighted by atomic mass is 9.86. The maximum absolute atomic E-state index is 12.7. The van der Waals surface area contributed by atoms with Gasteiger partial charge in [0.15, 0.2) is 0 Å². The Morgan fingerprint density at radius 1 is 1.00 bits per heavy atom. The molecule has 2 aliphatic carbocycles. The Bertz CT molecular complexity index is 300. The van der Waals surface area contributed by atoms with Gasteiger partial charge in [-0.2, -0.15) is 0 Å². The molecule has 1 saturated heterocycles. The maximum atomic E-state index is 12.7. The van der Waals surface area contributed by atoms with Gasteiger partial charge >= 0.3 is 0 Å². The van der Waals surface area contributed by atoms with Crippen molar-refractivity contribution in [2.75, 3.05) is 13.1 Å². The predicted octanol–water partition coefficient (Wildman–Crippen LogP) is 2.17. The highest BCUT2D eigenvalue weighted by Crippen LogP contribution is 2.36. The van der Waals surface area contributed by atoms with E-state index in [1.54, 1.807) is 0 Å². The second-order valence-corrected chi connectivity index (χ2v) is 6.58. The minimum atomic E-state index is 0.268. The first-order chi connectivity index (χ1) is 8.75.